The summed E-state index contributed by atoms with van der Waals surface area (Å²) in [4.78, 5) is 26.8. The average molecular weight is 521 g/mol. The van der Waals surface area contributed by atoms with Crippen LogP contribution in [0, 0.1) is 5.82 Å². The molecule has 0 bridgehead atoms. The summed E-state index contributed by atoms with van der Waals surface area (Å²) in [6, 6.07) is 5.62. The first-order valence-electron chi connectivity index (χ1n) is 11.3. The molecule has 1 saturated heterocycles. The fourth-order valence-corrected chi connectivity index (χ4v) is 3.83. The lowest BCUT2D eigenvalue weighted by atomic mass is 10.1. The molecule has 4 rings (SSSR count). The molecule has 1 aromatic carbocycles. The number of aromatic nitrogens is 3. The lowest BCUT2D eigenvalue weighted by Gasteiger charge is -2.26. The van der Waals surface area contributed by atoms with Crippen LogP contribution in [-0.4, -0.2) is 64.5 Å². The van der Waals surface area contributed by atoms with Crippen LogP contribution >= 0.6 is 11.6 Å². The monoisotopic (exact) mass is 520 g/mol. The molecular formula is C24H24ClF3N6O2. The molecule has 1 amide bonds. The Balaban J connectivity index is 1.38. The van der Waals surface area contributed by atoms with Crippen molar-refractivity contribution in [3.05, 3.63) is 59.8 Å². The van der Waals surface area contributed by atoms with Gasteiger partial charge in [0, 0.05) is 36.7 Å². The molecule has 3 aromatic rings. The van der Waals surface area contributed by atoms with E-state index in [2.05, 4.69) is 30.5 Å². The van der Waals surface area contributed by atoms with Crippen LogP contribution in [-0.2, 0) is 9.53 Å². The highest BCUT2D eigenvalue weighted by molar-refractivity contribution is 6.31. The van der Waals surface area contributed by atoms with Crippen molar-refractivity contribution in [1.82, 2.24) is 19.9 Å². The van der Waals surface area contributed by atoms with Gasteiger partial charge >= 0.3 is 0 Å². The number of morpholine rings is 1. The first-order chi connectivity index (χ1) is 17.3. The van der Waals surface area contributed by atoms with Gasteiger partial charge in [-0.05, 0) is 43.3 Å². The summed E-state index contributed by atoms with van der Waals surface area (Å²) < 4.78 is 47.1. The summed E-state index contributed by atoms with van der Waals surface area (Å²) in [5.41, 5.74) is 0.962. The molecule has 8 nitrogen and oxygen atoms in total. The Morgan fingerprint density at radius 2 is 2.00 bits per heavy atom. The van der Waals surface area contributed by atoms with Gasteiger partial charge in [0.2, 0.25) is 5.91 Å². The summed E-state index contributed by atoms with van der Waals surface area (Å²) in [6.07, 6.45) is 4.10. The van der Waals surface area contributed by atoms with E-state index >= 15 is 0 Å². The SMILES string of the molecule is O=C(C=CC(F)(F)CCCN1CCOCC1)Nc1cc2c(Nc3ccc(F)c(Cl)c3)ncnc2cn1. The van der Waals surface area contributed by atoms with Crippen LogP contribution in [0.2, 0.25) is 5.02 Å². The second kappa shape index (κ2) is 11.6. The van der Waals surface area contributed by atoms with Gasteiger partial charge in [-0.25, -0.2) is 28.1 Å². The number of ether oxygens (including phenoxy) is 1. The van der Waals surface area contributed by atoms with Crippen molar-refractivity contribution in [2.45, 2.75) is 18.8 Å². The molecule has 0 aliphatic carbocycles. The molecule has 2 N–H and O–H groups in total. The highest BCUT2D eigenvalue weighted by atomic mass is 35.5. The highest BCUT2D eigenvalue weighted by Crippen LogP contribution is 2.27. The minimum Gasteiger partial charge on any atom is -0.379 e. The Morgan fingerprint density at radius 1 is 1.19 bits per heavy atom. The van der Waals surface area contributed by atoms with E-state index in [1.54, 1.807) is 0 Å². The van der Waals surface area contributed by atoms with E-state index in [0.717, 1.165) is 19.2 Å². The van der Waals surface area contributed by atoms with Gasteiger partial charge in [0.15, 0.2) is 0 Å². The third-order valence-electron chi connectivity index (χ3n) is 5.52. The van der Waals surface area contributed by atoms with E-state index in [1.165, 1.54) is 36.8 Å². The maximum Gasteiger partial charge on any atom is 0.267 e. The number of allylic oxidation sites excluding steroid dienone is 1. The van der Waals surface area contributed by atoms with E-state index in [9.17, 15) is 18.0 Å². The lowest BCUT2D eigenvalue weighted by Crippen LogP contribution is -2.37. The van der Waals surface area contributed by atoms with Crippen molar-refractivity contribution < 1.29 is 22.7 Å². The van der Waals surface area contributed by atoms with Crippen LogP contribution in [0.25, 0.3) is 10.9 Å². The molecule has 1 aliphatic heterocycles. The molecule has 0 radical (unpaired) electrons. The molecule has 3 heterocycles. The third kappa shape index (κ3) is 7.12. The number of amides is 1. The number of alkyl halides is 2. The number of fused-ring (bicyclic) bond motifs is 1. The summed E-state index contributed by atoms with van der Waals surface area (Å²) in [7, 11) is 0. The van der Waals surface area contributed by atoms with E-state index in [1.807, 2.05) is 0 Å². The number of nitrogens with zero attached hydrogens (tertiary/aromatic N) is 4. The van der Waals surface area contributed by atoms with E-state index in [0.29, 0.717) is 54.7 Å². The molecule has 1 fully saturated rings. The quantitative estimate of drug-likeness (QED) is 0.391. The van der Waals surface area contributed by atoms with Gasteiger partial charge in [-0.1, -0.05) is 11.6 Å². The van der Waals surface area contributed by atoms with Gasteiger partial charge < -0.3 is 15.4 Å². The normalized spacial score (nSPS) is 14.9. The van der Waals surface area contributed by atoms with Crippen LogP contribution in [0.4, 0.5) is 30.5 Å². The fraction of sp³-hybridized carbons (Fsp3) is 0.333. The van der Waals surface area contributed by atoms with Gasteiger partial charge in [-0.2, -0.15) is 0 Å². The molecule has 0 spiro atoms. The van der Waals surface area contributed by atoms with Crippen LogP contribution < -0.4 is 10.6 Å². The predicted molar refractivity (Wildman–Crippen MR) is 131 cm³/mol. The first-order valence-corrected chi connectivity index (χ1v) is 11.7. The molecule has 1 aliphatic rings. The van der Waals surface area contributed by atoms with Gasteiger partial charge in [0.05, 0.1) is 29.9 Å². The summed E-state index contributed by atoms with van der Waals surface area (Å²) in [5, 5.41) is 5.94. The standard InChI is InChI=1S/C24H24ClF3N6O2/c25-18-12-16(2-3-19(18)26)32-23-17-13-21(29-14-20(17)30-15-31-23)33-22(35)4-6-24(27,28)5-1-7-34-8-10-36-11-9-34/h2-4,6,12-15H,1,5,7-11H2,(H,29,33,35)(H,30,31,32). The zero-order valence-electron chi connectivity index (χ0n) is 19.2. The first kappa shape index (κ1) is 25.8. The fourth-order valence-electron chi connectivity index (χ4n) is 3.65. The number of carbonyl (C=O) groups is 1. The second-order valence-corrected chi connectivity index (χ2v) is 8.61. The van der Waals surface area contributed by atoms with Gasteiger partial charge in [0.1, 0.15) is 23.8 Å². The molecule has 12 heteroatoms. The number of hydrogen-bond donors (Lipinski definition) is 2. The Morgan fingerprint density at radius 3 is 2.78 bits per heavy atom. The minimum atomic E-state index is -3.11. The van der Waals surface area contributed by atoms with Gasteiger partial charge in [-0.15, -0.1) is 0 Å². The number of pyridine rings is 1. The van der Waals surface area contributed by atoms with E-state index < -0.39 is 17.6 Å². The number of hydrogen-bond acceptors (Lipinski definition) is 7. The Kier molecular flexibility index (Phi) is 8.34. The van der Waals surface area contributed by atoms with Gasteiger partial charge in [0.25, 0.3) is 5.92 Å². The predicted octanol–water partition coefficient (Wildman–Crippen LogP) is 4.80. The molecule has 0 atom stereocenters. The number of rotatable bonds is 9. The Bertz CT molecular complexity index is 1250. The van der Waals surface area contributed by atoms with Crippen molar-refractivity contribution in [2.75, 3.05) is 43.5 Å². The van der Waals surface area contributed by atoms with Crippen LogP contribution in [0.1, 0.15) is 12.8 Å². The average Bonchev–Trinajstić information content (AvgIpc) is 2.86. The third-order valence-corrected chi connectivity index (χ3v) is 5.81. The molecule has 0 saturated carbocycles. The largest absolute Gasteiger partial charge is 0.379 e. The summed E-state index contributed by atoms with van der Waals surface area (Å²) in [6.45, 7) is 3.26. The number of nitrogens with one attached hydrogen (secondary N) is 2. The van der Waals surface area contributed by atoms with Crippen molar-refractivity contribution in [1.29, 1.82) is 0 Å². The maximum atomic E-state index is 14.2. The maximum absolute atomic E-state index is 14.2. The van der Waals surface area contributed by atoms with Crippen molar-refractivity contribution in [3.63, 3.8) is 0 Å². The molecular weight excluding hydrogens is 497 g/mol. The minimum absolute atomic E-state index is 0.0577. The van der Waals surface area contributed by atoms with Crippen molar-refractivity contribution >= 4 is 45.7 Å². The Labute approximate surface area is 210 Å². The number of benzene rings is 1. The zero-order chi connectivity index (χ0) is 25.5. The number of anilines is 3. The van der Waals surface area contributed by atoms with Crippen molar-refractivity contribution in [2.24, 2.45) is 0 Å². The Hall–Kier alpha value is -3.28. The summed E-state index contributed by atoms with van der Waals surface area (Å²) >= 11 is 5.83. The summed E-state index contributed by atoms with van der Waals surface area (Å²) in [5.74, 6) is -3.92. The van der Waals surface area contributed by atoms with Gasteiger partial charge in [-0.3, -0.25) is 9.69 Å². The van der Waals surface area contributed by atoms with Crippen LogP contribution in [0.15, 0.2) is 48.9 Å². The molecule has 190 valence electrons. The highest BCUT2D eigenvalue weighted by Gasteiger charge is 2.25. The van der Waals surface area contributed by atoms with E-state index in [-0.39, 0.29) is 17.3 Å². The van der Waals surface area contributed by atoms with Crippen LogP contribution in [0.3, 0.4) is 0 Å². The number of carbonyl (C=O) groups excluding carboxylic acids is 1. The van der Waals surface area contributed by atoms with E-state index in [4.69, 9.17) is 16.3 Å². The second-order valence-electron chi connectivity index (χ2n) is 8.20. The topological polar surface area (TPSA) is 92.3 Å². The smallest absolute Gasteiger partial charge is 0.267 e. The lowest BCUT2D eigenvalue weighted by molar-refractivity contribution is -0.112. The molecule has 2 aromatic heterocycles. The number of halogens is 4. The molecule has 36 heavy (non-hydrogen) atoms. The van der Waals surface area contributed by atoms with Crippen LogP contribution in [0.5, 0.6) is 0 Å². The molecule has 0 unspecified atom stereocenters. The van der Waals surface area contributed by atoms with Crippen molar-refractivity contribution in [3.8, 4) is 0 Å². The zero-order valence-corrected chi connectivity index (χ0v) is 19.9.